The summed E-state index contributed by atoms with van der Waals surface area (Å²) < 4.78 is 5.27. The van der Waals surface area contributed by atoms with Gasteiger partial charge in [-0.25, -0.2) is 0 Å². The minimum atomic E-state index is 0.687. The highest BCUT2D eigenvalue weighted by Gasteiger charge is 2.08. The molecular formula is C15H21N3OS. The quantitative estimate of drug-likeness (QED) is 0.793. The molecule has 2 aromatic rings. The molecule has 0 spiro atoms. The molecule has 20 heavy (non-hydrogen) atoms. The van der Waals surface area contributed by atoms with Crippen LogP contribution in [0.5, 0.6) is 0 Å². The molecule has 108 valence electrons. The number of aryl methyl sites for hydroxylation is 2. The minimum absolute atomic E-state index is 0.687. The third kappa shape index (κ3) is 4.56. The van der Waals surface area contributed by atoms with Crippen LogP contribution >= 0.6 is 11.8 Å². The van der Waals surface area contributed by atoms with Gasteiger partial charge < -0.3 is 10.3 Å². The lowest BCUT2D eigenvalue weighted by atomic mass is 10.1. The predicted octanol–water partition coefficient (Wildman–Crippen LogP) is 3.33. The molecule has 5 heteroatoms. The molecule has 1 aromatic heterocycles. The van der Waals surface area contributed by atoms with Crippen molar-refractivity contribution in [2.24, 2.45) is 5.92 Å². The molecule has 1 aromatic carbocycles. The van der Waals surface area contributed by atoms with Gasteiger partial charge in [-0.1, -0.05) is 37.2 Å². The zero-order valence-electron chi connectivity index (χ0n) is 12.0. The van der Waals surface area contributed by atoms with Crippen LogP contribution in [0.3, 0.4) is 0 Å². The maximum Gasteiger partial charge on any atom is 0.227 e. The molecule has 0 saturated heterocycles. The molecule has 0 aliphatic rings. The van der Waals surface area contributed by atoms with E-state index in [1.807, 2.05) is 36.0 Å². The summed E-state index contributed by atoms with van der Waals surface area (Å²) >= 11 is 1.84. The second-order valence-electron chi connectivity index (χ2n) is 5.21. The van der Waals surface area contributed by atoms with Crippen molar-refractivity contribution in [3.63, 3.8) is 0 Å². The van der Waals surface area contributed by atoms with Crippen molar-refractivity contribution in [1.29, 1.82) is 0 Å². The average Bonchev–Trinajstić information content (AvgIpc) is 2.85. The van der Waals surface area contributed by atoms with Crippen molar-refractivity contribution in [1.82, 2.24) is 10.1 Å². The van der Waals surface area contributed by atoms with Crippen molar-refractivity contribution >= 4 is 17.4 Å². The van der Waals surface area contributed by atoms with Gasteiger partial charge in [-0.2, -0.15) is 16.7 Å². The Balaban J connectivity index is 1.82. The Morgan fingerprint density at radius 1 is 1.25 bits per heavy atom. The zero-order chi connectivity index (χ0) is 14.4. The molecule has 1 heterocycles. The van der Waals surface area contributed by atoms with E-state index in [4.69, 9.17) is 10.3 Å². The minimum Gasteiger partial charge on any atom is -0.399 e. The fraction of sp³-hybridized carbons (Fsp3) is 0.467. The number of nitrogens with zero attached hydrogens (tertiary/aromatic N) is 2. The van der Waals surface area contributed by atoms with Crippen molar-refractivity contribution in [2.45, 2.75) is 32.4 Å². The summed E-state index contributed by atoms with van der Waals surface area (Å²) in [5.74, 6) is 4.09. The van der Waals surface area contributed by atoms with Gasteiger partial charge in [0.25, 0.3) is 0 Å². The van der Waals surface area contributed by atoms with E-state index in [0.29, 0.717) is 11.8 Å². The third-order valence-electron chi connectivity index (χ3n) is 2.86. The van der Waals surface area contributed by atoms with Crippen molar-refractivity contribution in [3.8, 4) is 0 Å². The lowest BCUT2D eigenvalue weighted by Crippen LogP contribution is -1.97. The van der Waals surface area contributed by atoms with E-state index in [1.165, 1.54) is 0 Å². The lowest BCUT2D eigenvalue weighted by Gasteiger charge is -2.02. The maximum atomic E-state index is 5.91. The number of nitrogen functional groups attached to an aromatic ring is 1. The third-order valence-corrected chi connectivity index (χ3v) is 4.22. The van der Waals surface area contributed by atoms with E-state index in [9.17, 15) is 0 Å². The summed E-state index contributed by atoms with van der Waals surface area (Å²) in [6, 6.07) is 7.88. The van der Waals surface area contributed by atoms with Crippen LogP contribution in [0.1, 0.15) is 31.1 Å². The van der Waals surface area contributed by atoms with Crippen LogP contribution in [0.25, 0.3) is 0 Å². The number of aromatic nitrogens is 2. The van der Waals surface area contributed by atoms with E-state index in [0.717, 1.165) is 41.4 Å². The SMILES string of the molecule is CC(C)CSCc1noc(CCc2ccccc2N)n1. The lowest BCUT2D eigenvalue weighted by molar-refractivity contribution is 0.374. The van der Waals surface area contributed by atoms with Gasteiger partial charge in [-0.15, -0.1) is 0 Å². The molecule has 0 fully saturated rings. The number of hydrogen-bond donors (Lipinski definition) is 1. The first-order valence-electron chi connectivity index (χ1n) is 6.87. The fourth-order valence-corrected chi connectivity index (χ4v) is 2.73. The number of rotatable bonds is 7. The molecular weight excluding hydrogens is 270 g/mol. The van der Waals surface area contributed by atoms with E-state index in [2.05, 4.69) is 24.0 Å². The Morgan fingerprint density at radius 3 is 2.80 bits per heavy atom. The molecule has 0 bridgehead atoms. The first-order chi connectivity index (χ1) is 9.65. The predicted molar refractivity (Wildman–Crippen MR) is 83.6 cm³/mol. The molecule has 0 aliphatic heterocycles. The van der Waals surface area contributed by atoms with Crippen LogP contribution in [0.4, 0.5) is 5.69 Å². The van der Waals surface area contributed by atoms with Gasteiger partial charge in [0.15, 0.2) is 5.82 Å². The Labute approximate surface area is 124 Å². The molecule has 0 radical (unpaired) electrons. The van der Waals surface area contributed by atoms with E-state index < -0.39 is 0 Å². The van der Waals surface area contributed by atoms with Crippen LogP contribution in [0, 0.1) is 5.92 Å². The molecule has 0 saturated carbocycles. The number of nitrogens with two attached hydrogens (primary N) is 1. The highest BCUT2D eigenvalue weighted by molar-refractivity contribution is 7.98. The molecule has 2 rings (SSSR count). The number of benzene rings is 1. The van der Waals surface area contributed by atoms with Gasteiger partial charge in [0, 0.05) is 12.1 Å². The smallest absolute Gasteiger partial charge is 0.227 e. The van der Waals surface area contributed by atoms with Gasteiger partial charge in [-0.3, -0.25) is 0 Å². The van der Waals surface area contributed by atoms with Crippen LogP contribution in [0.15, 0.2) is 28.8 Å². The number of hydrogen-bond acceptors (Lipinski definition) is 5. The summed E-state index contributed by atoms with van der Waals surface area (Å²) in [5.41, 5.74) is 7.86. The zero-order valence-corrected chi connectivity index (χ0v) is 12.8. The van der Waals surface area contributed by atoms with Gasteiger partial charge in [0.1, 0.15) is 0 Å². The van der Waals surface area contributed by atoms with Crippen LogP contribution in [-0.2, 0) is 18.6 Å². The molecule has 0 amide bonds. The molecule has 0 atom stereocenters. The number of thioether (sulfide) groups is 1. The maximum absolute atomic E-state index is 5.91. The summed E-state index contributed by atoms with van der Waals surface area (Å²) in [6.07, 6.45) is 1.56. The fourth-order valence-electron chi connectivity index (χ4n) is 1.84. The standard InChI is InChI=1S/C15H21N3OS/c1-11(2)9-20-10-14-17-15(19-18-14)8-7-12-5-3-4-6-13(12)16/h3-6,11H,7-10,16H2,1-2H3. The Hall–Kier alpha value is -1.49. The normalized spacial score (nSPS) is 11.2. The van der Waals surface area contributed by atoms with Crippen molar-refractivity contribution < 1.29 is 4.52 Å². The molecule has 2 N–H and O–H groups in total. The second-order valence-corrected chi connectivity index (χ2v) is 6.24. The van der Waals surface area contributed by atoms with Gasteiger partial charge in [0.05, 0.1) is 5.75 Å². The van der Waals surface area contributed by atoms with Crippen molar-refractivity contribution in [2.75, 3.05) is 11.5 Å². The van der Waals surface area contributed by atoms with E-state index in [1.54, 1.807) is 0 Å². The first kappa shape index (κ1) is 14.9. The number of para-hydroxylation sites is 1. The Kier molecular flexibility index (Phi) is 5.47. The van der Waals surface area contributed by atoms with E-state index >= 15 is 0 Å². The average molecular weight is 291 g/mol. The van der Waals surface area contributed by atoms with Gasteiger partial charge >= 0.3 is 0 Å². The van der Waals surface area contributed by atoms with Crippen molar-refractivity contribution in [3.05, 3.63) is 41.5 Å². The summed E-state index contributed by atoms with van der Waals surface area (Å²) in [6.45, 7) is 4.41. The Bertz CT molecular complexity index is 539. The largest absolute Gasteiger partial charge is 0.399 e. The van der Waals surface area contributed by atoms with Crippen LogP contribution < -0.4 is 5.73 Å². The summed E-state index contributed by atoms with van der Waals surface area (Å²) in [5, 5.41) is 4.01. The highest BCUT2D eigenvalue weighted by Crippen LogP contribution is 2.15. The monoisotopic (exact) mass is 291 g/mol. The first-order valence-corrected chi connectivity index (χ1v) is 8.03. The second kappa shape index (κ2) is 7.33. The number of anilines is 1. The molecule has 0 unspecified atom stereocenters. The van der Waals surface area contributed by atoms with Crippen LogP contribution in [-0.4, -0.2) is 15.9 Å². The van der Waals surface area contributed by atoms with Gasteiger partial charge in [0.2, 0.25) is 5.89 Å². The van der Waals surface area contributed by atoms with E-state index in [-0.39, 0.29) is 0 Å². The summed E-state index contributed by atoms with van der Waals surface area (Å²) in [7, 11) is 0. The topological polar surface area (TPSA) is 64.9 Å². The van der Waals surface area contributed by atoms with Gasteiger partial charge in [-0.05, 0) is 29.7 Å². The molecule has 4 nitrogen and oxygen atoms in total. The highest BCUT2D eigenvalue weighted by atomic mass is 32.2. The summed E-state index contributed by atoms with van der Waals surface area (Å²) in [4.78, 5) is 4.41. The van der Waals surface area contributed by atoms with Crippen LogP contribution in [0.2, 0.25) is 0 Å². The Morgan fingerprint density at radius 2 is 2.05 bits per heavy atom. The molecule has 0 aliphatic carbocycles.